The van der Waals surface area contributed by atoms with Gasteiger partial charge in [-0.25, -0.2) is 19.5 Å². The molecule has 33 heavy (non-hydrogen) atoms. The van der Waals surface area contributed by atoms with Gasteiger partial charge in [-0.3, -0.25) is 4.79 Å². The number of pyridine rings is 3. The van der Waals surface area contributed by atoms with Crippen LogP contribution >= 0.6 is 0 Å². The number of aromatic nitrogens is 5. The Morgan fingerprint density at radius 2 is 2.00 bits per heavy atom. The van der Waals surface area contributed by atoms with E-state index in [0.717, 1.165) is 53.6 Å². The first-order chi connectivity index (χ1) is 16.1. The summed E-state index contributed by atoms with van der Waals surface area (Å²) in [4.78, 5) is 28.2. The molecule has 0 spiro atoms. The van der Waals surface area contributed by atoms with E-state index in [4.69, 9.17) is 14.8 Å². The van der Waals surface area contributed by atoms with Gasteiger partial charge in [0, 0.05) is 61.9 Å². The predicted octanol–water partition coefficient (Wildman–Crippen LogP) is 2.56. The molecule has 168 valence electrons. The molecule has 0 atom stereocenters. The Hall–Kier alpha value is -3.79. The highest BCUT2D eigenvalue weighted by molar-refractivity contribution is 6.03. The third-order valence-corrected chi connectivity index (χ3v) is 6.31. The number of hydrogen-bond acceptors (Lipinski definition) is 8. The summed E-state index contributed by atoms with van der Waals surface area (Å²) in [6.07, 6.45) is 7.63. The van der Waals surface area contributed by atoms with Crippen molar-refractivity contribution in [2.24, 2.45) is 5.92 Å². The molecule has 2 aliphatic rings. The Bertz CT molecular complexity index is 1370. The molecule has 4 aromatic rings. The van der Waals surface area contributed by atoms with Gasteiger partial charge >= 0.3 is 0 Å². The molecule has 0 bridgehead atoms. The number of nitrogens with one attached hydrogen (secondary N) is 2. The van der Waals surface area contributed by atoms with Crippen molar-refractivity contribution in [1.82, 2.24) is 24.6 Å². The summed E-state index contributed by atoms with van der Waals surface area (Å²) in [6.45, 7) is 1.73. The van der Waals surface area contributed by atoms with E-state index in [1.807, 2.05) is 25.4 Å². The van der Waals surface area contributed by atoms with Crippen molar-refractivity contribution in [2.75, 3.05) is 42.8 Å². The van der Waals surface area contributed by atoms with Gasteiger partial charge < -0.3 is 20.3 Å². The van der Waals surface area contributed by atoms with Crippen LogP contribution in [0.2, 0.25) is 0 Å². The maximum Gasteiger partial charge on any atom is 0.228 e. The lowest BCUT2D eigenvalue weighted by molar-refractivity contribution is -0.117. The van der Waals surface area contributed by atoms with E-state index in [-0.39, 0.29) is 17.9 Å². The van der Waals surface area contributed by atoms with Crippen molar-refractivity contribution in [1.29, 1.82) is 0 Å². The fourth-order valence-electron chi connectivity index (χ4n) is 4.13. The zero-order valence-corrected chi connectivity index (χ0v) is 18.4. The average molecular weight is 444 g/mol. The summed E-state index contributed by atoms with van der Waals surface area (Å²) in [5, 5.41) is 12.5. The van der Waals surface area contributed by atoms with Gasteiger partial charge in [0.05, 0.1) is 18.0 Å². The van der Waals surface area contributed by atoms with Crippen LogP contribution in [-0.4, -0.2) is 63.8 Å². The van der Waals surface area contributed by atoms with E-state index in [9.17, 15) is 4.79 Å². The minimum atomic E-state index is 0.0198. The second-order valence-corrected chi connectivity index (χ2v) is 8.54. The van der Waals surface area contributed by atoms with Crippen LogP contribution in [0.4, 0.5) is 17.3 Å². The lowest BCUT2D eigenvalue weighted by Crippen LogP contribution is -2.51. The minimum Gasteiger partial charge on any atom is -0.378 e. The fraction of sp³-hybridized carbons (Fsp3) is 0.348. The zero-order chi connectivity index (χ0) is 22.5. The van der Waals surface area contributed by atoms with Crippen LogP contribution in [0.15, 0.2) is 36.8 Å². The van der Waals surface area contributed by atoms with Crippen LogP contribution < -0.4 is 15.5 Å². The molecule has 2 N–H and O–H groups in total. The second-order valence-electron chi connectivity index (χ2n) is 8.54. The van der Waals surface area contributed by atoms with Gasteiger partial charge in [0.1, 0.15) is 11.6 Å². The highest BCUT2D eigenvalue weighted by Gasteiger charge is 2.30. The number of fused-ring (bicyclic) bond motifs is 2. The van der Waals surface area contributed by atoms with Gasteiger partial charge in [-0.1, -0.05) is 0 Å². The van der Waals surface area contributed by atoms with E-state index >= 15 is 0 Å². The summed E-state index contributed by atoms with van der Waals surface area (Å²) in [5.41, 5.74) is 2.61. The first-order valence-corrected chi connectivity index (χ1v) is 11.0. The van der Waals surface area contributed by atoms with Crippen molar-refractivity contribution >= 4 is 39.6 Å². The van der Waals surface area contributed by atoms with E-state index in [2.05, 4.69) is 31.6 Å². The third kappa shape index (κ3) is 3.52. The normalized spacial score (nSPS) is 16.2. The number of hydrogen-bond donors (Lipinski definition) is 2. The number of carbonyl (C=O) groups is 1. The van der Waals surface area contributed by atoms with Gasteiger partial charge in [-0.15, -0.1) is 5.10 Å². The van der Waals surface area contributed by atoms with Crippen molar-refractivity contribution in [2.45, 2.75) is 18.9 Å². The van der Waals surface area contributed by atoms with Gasteiger partial charge in [-0.05, 0) is 31.0 Å². The van der Waals surface area contributed by atoms with E-state index < -0.39 is 0 Å². The molecule has 10 nitrogen and oxygen atoms in total. The van der Waals surface area contributed by atoms with Crippen LogP contribution in [-0.2, 0) is 9.53 Å². The van der Waals surface area contributed by atoms with Crippen LogP contribution in [0.25, 0.3) is 27.8 Å². The first kappa shape index (κ1) is 19.9. The van der Waals surface area contributed by atoms with Gasteiger partial charge in [-0.2, -0.15) is 0 Å². The standard InChI is InChI=1S/C23H24N8O2/c1-24-21-17-8-25-19(27-23(32)13-3-4-13)7-16(17)18(9-26-21)22-28-20-6-5-14(10-31(20)29-22)30-11-15(12-30)33-2/h5-10,13,15H,3-4,11-12H2,1-2H3,(H,24,26)(H,25,27,32). The van der Waals surface area contributed by atoms with E-state index in [1.54, 1.807) is 24.0 Å². The first-order valence-electron chi connectivity index (χ1n) is 11.0. The fourth-order valence-corrected chi connectivity index (χ4v) is 4.13. The van der Waals surface area contributed by atoms with Gasteiger partial charge in [0.2, 0.25) is 5.91 Å². The summed E-state index contributed by atoms with van der Waals surface area (Å²) in [5.74, 6) is 1.91. The maximum absolute atomic E-state index is 12.2. The number of methoxy groups -OCH3 is 1. The quantitative estimate of drug-likeness (QED) is 0.467. The Kier molecular flexibility index (Phi) is 4.61. The topological polar surface area (TPSA) is 110 Å². The Balaban J connectivity index is 1.39. The molecular formula is C23H24N8O2. The molecule has 4 aromatic heterocycles. The summed E-state index contributed by atoms with van der Waals surface area (Å²) >= 11 is 0. The lowest BCUT2D eigenvalue weighted by atomic mass is 10.1. The number of carbonyl (C=O) groups excluding carboxylic acids is 1. The molecule has 0 radical (unpaired) electrons. The largest absolute Gasteiger partial charge is 0.378 e. The number of rotatable bonds is 6. The van der Waals surface area contributed by atoms with Crippen LogP contribution in [0.5, 0.6) is 0 Å². The number of nitrogens with zero attached hydrogens (tertiary/aromatic N) is 6. The monoisotopic (exact) mass is 444 g/mol. The molecule has 0 aromatic carbocycles. The van der Waals surface area contributed by atoms with Crippen molar-refractivity contribution in [3.05, 3.63) is 36.8 Å². The van der Waals surface area contributed by atoms with Gasteiger partial charge in [0.15, 0.2) is 11.5 Å². The highest BCUT2D eigenvalue weighted by atomic mass is 16.5. The van der Waals surface area contributed by atoms with Crippen LogP contribution in [0.1, 0.15) is 12.8 Å². The number of amides is 1. The Morgan fingerprint density at radius 3 is 2.76 bits per heavy atom. The van der Waals surface area contributed by atoms with Crippen LogP contribution in [0, 0.1) is 5.92 Å². The molecule has 2 fully saturated rings. The maximum atomic E-state index is 12.2. The highest BCUT2D eigenvalue weighted by Crippen LogP contribution is 2.33. The van der Waals surface area contributed by atoms with Crippen molar-refractivity contribution in [3.8, 4) is 11.4 Å². The van der Waals surface area contributed by atoms with E-state index in [0.29, 0.717) is 17.5 Å². The smallest absolute Gasteiger partial charge is 0.228 e. The summed E-state index contributed by atoms with van der Waals surface area (Å²) in [6, 6.07) is 5.89. The molecule has 1 amide bonds. The molecule has 0 unspecified atom stereocenters. The third-order valence-electron chi connectivity index (χ3n) is 6.31. The molecule has 10 heteroatoms. The summed E-state index contributed by atoms with van der Waals surface area (Å²) < 4.78 is 7.17. The number of anilines is 3. The number of ether oxygens (including phenoxy) is 1. The Morgan fingerprint density at radius 1 is 1.15 bits per heavy atom. The average Bonchev–Trinajstić information content (AvgIpc) is 3.57. The van der Waals surface area contributed by atoms with Gasteiger partial charge in [0.25, 0.3) is 0 Å². The minimum absolute atomic E-state index is 0.0198. The predicted molar refractivity (Wildman–Crippen MR) is 125 cm³/mol. The molecule has 1 saturated heterocycles. The molecular weight excluding hydrogens is 420 g/mol. The van der Waals surface area contributed by atoms with Crippen molar-refractivity contribution < 1.29 is 9.53 Å². The Labute approximate surface area is 190 Å². The van der Waals surface area contributed by atoms with E-state index in [1.165, 1.54) is 0 Å². The molecule has 6 rings (SSSR count). The molecule has 1 aliphatic carbocycles. The molecule has 1 aliphatic heterocycles. The SMILES string of the molecule is CNc1ncc(-c2nc3ccc(N4CC(OC)C4)cn3n2)c2cc(NC(=O)C3CC3)ncc12. The molecule has 1 saturated carbocycles. The van der Waals surface area contributed by atoms with Crippen molar-refractivity contribution in [3.63, 3.8) is 0 Å². The zero-order valence-electron chi connectivity index (χ0n) is 18.4. The second kappa shape index (κ2) is 7.66. The summed E-state index contributed by atoms with van der Waals surface area (Å²) in [7, 11) is 3.56. The lowest BCUT2D eigenvalue weighted by Gasteiger charge is -2.39. The molecule has 5 heterocycles. The van der Waals surface area contributed by atoms with Crippen LogP contribution in [0.3, 0.4) is 0 Å².